The van der Waals surface area contributed by atoms with Crippen molar-refractivity contribution in [1.82, 2.24) is 19.6 Å². The lowest BCUT2D eigenvalue weighted by Gasteiger charge is -2.45. The molecule has 0 radical (unpaired) electrons. The van der Waals surface area contributed by atoms with Gasteiger partial charge in [0.15, 0.2) is 0 Å². The molecule has 3 aliphatic rings. The normalized spacial score (nSPS) is 29.2. The molecule has 1 amide bonds. The van der Waals surface area contributed by atoms with Gasteiger partial charge in [-0.05, 0) is 42.9 Å². The first-order chi connectivity index (χ1) is 14.1. The standard InChI is InChI=1S/C23H30N4O2/c1-25(2)22(28)18(14-26-11-5-10-24-26)15-27-19-8-9-20(27)13-23(12-19)21-7-4-3-6-17(21)16-29-23/h3-7,10-11,18-20H,8-9,12-16H2,1-2H3. The largest absolute Gasteiger partial charge is 0.365 e. The maximum Gasteiger partial charge on any atom is 0.228 e. The summed E-state index contributed by atoms with van der Waals surface area (Å²) in [6.45, 7) is 2.16. The molecule has 2 bridgehead atoms. The molecule has 2 aromatic rings. The van der Waals surface area contributed by atoms with E-state index in [0.717, 1.165) is 26.0 Å². The van der Waals surface area contributed by atoms with Gasteiger partial charge < -0.3 is 9.64 Å². The molecule has 2 saturated heterocycles. The van der Waals surface area contributed by atoms with Gasteiger partial charge >= 0.3 is 0 Å². The minimum Gasteiger partial charge on any atom is -0.365 e. The van der Waals surface area contributed by atoms with Gasteiger partial charge in [0, 0.05) is 45.1 Å². The summed E-state index contributed by atoms with van der Waals surface area (Å²) in [6.07, 6.45) is 8.18. The average Bonchev–Trinajstić information content (AvgIpc) is 3.40. The van der Waals surface area contributed by atoms with Crippen LogP contribution in [0.3, 0.4) is 0 Å². The van der Waals surface area contributed by atoms with Gasteiger partial charge in [-0.15, -0.1) is 0 Å². The molecule has 154 valence electrons. The first-order valence-corrected chi connectivity index (χ1v) is 10.7. The number of amides is 1. The molecule has 3 aliphatic heterocycles. The van der Waals surface area contributed by atoms with Crippen molar-refractivity contribution in [2.24, 2.45) is 5.92 Å². The van der Waals surface area contributed by atoms with Crippen molar-refractivity contribution in [2.75, 3.05) is 20.6 Å². The molecule has 3 unspecified atom stereocenters. The summed E-state index contributed by atoms with van der Waals surface area (Å²) in [5, 5.41) is 4.33. The second-order valence-corrected chi connectivity index (χ2v) is 9.09. The van der Waals surface area contributed by atoms with Crippen molar-refractivity contribution in [3.05, 3.63) is 53.9 Å². The molecule has 1 aromatic heterocycles. The van der Waals surface area contributed by atoms with Crippen LogP contribution in [-0.2, 0) is 28.3 Å². The third-order valence-electron chi connectivity index (χ3n) is 7.10. The number of piperidine rings is 1. The first kappa shape index (κ1) is 18.8. The van der Waals surface area contributed by atoms with Gasteiger partial charge in [-0.2, -0.15) is 5.10 Å². The zero-order chi connectivity index (χ0) is 20.0. The average molecular weight is 395 g/mol. The second-order valence-electron chi connectivity index (χ2n) is 9.09. The number of benzene rings is 1. The number of hydrogen-bond donors (Lipinski definition) is 0. The molecule has 6 heteroatoms. The Kier molecular flexibility index (Phi) is 4.71. The number of hydrogen-bond acceptors (Lipinski definition) is 4. The van der Waals surface area contributed by atoms with E-state index in [1.165, 1.54) is 24.0 Å². The van der Waals surface area contributed by atoms with E-state index in [4.69, 9.17) is 4.74 Å². The van der Waals surface area contributed by atoms with E-state index < -0.39 is 0 Å². The van der Waals surface area contributed by atoms with Crippen molar-refractivity contribution in [3.8, 4) is 0 Å². The van der Waals surface area contributed by atoms with Crippen molar-refractivity contribution >= 4 is 5.91 Å². The molecule has 4 heterocycles. The number of carbonyl (C=O) groups is 1. The first-order valence-electron chi connectivity index (χ1n) is 10.7. The Hall–Kier alpha value is -2.18. The van der Waals surface area contributed by atoms with Crippen LogP contribution < -0.4 is 0 Å². The molecule has 1 spiro atoms. The molecular formula is C23H30N4O2. The summed E-state index contributed by atoms with van der Waals surface area (Å²) in [7, 11) is 3.70. The van der Waals surface area contributed by atoms with Crippen LogP contribution in [0.1, 0.15) is 36.8 Å². The van der Waals surface area contributed by atoms with E-state index >= 15 is 0 Å². The smallest absolute Gasteiger partial charge is 0.228 e. The molecule has 5 rings (SSSR count). The quantitative estimate of drug-likeness (QED) is 0.782. The Labute approximate surface area is 172 Å². The van der Waals surface area contributed by atoms with Gasteiger partial charge in [0.1, 0.15) is 0 Å². The van der Waals surface area contributed by atoms with Gasteiger partial charge in [0.25, 0.3) is 0 Å². The number of ether oxygens (including phenoxy) is 1. The van der Waals surface area contributed by atoms with Crippen LogP contribution >= 0.6 is 0 Å². The Bertz CT molecular complexity index is 865. The van der Waals surface area contributed by atoms with Gasteiger partial charge in [-0.1, -0.05) is 24.3 Å². The van der Waals surface area contributed by atoms with Gasteiger partial charge in [-0.3, -0.25) is 14.4 Å². The second kappa shape index (κ2) is 7.26. The summed E-state index contributed by atoms with van der Waals surface area (Å²) in [5.41, 5.74) is 2.62. The van der Waals surface area contributed by atoms with Crippen LogP contribution in [0.15, 0.2) is 42.7 Å². The van der Waals surface area contributed by atoms with Gasteiger partial charge in [-0.25, -0.2) is 0 Å². The van der Waals surface area contributed by atoms with Gasteiger partial charge in [0.05, 0.1) is 24.7 Å². The van der Waals surface area contributed by atoms with Crippen molar-refractivity contribution in [1.29, 1.82) is 0 Å². The van der Waals surface area contributed by atoms with Crippen LogP contribution in [0.25, 0.3) is 0 Å². The van der Waals surface area contributed by atoms with Crippen LogP contribution in [0.5, 0.6) is 0 Å². The Morgan fingerprint density at radius 3 is 2.66 bits per heavy atom. The Morgan fingerprint density at radius 1 is 1.21 bits per heavy atom. The predicted molar refractivity (Wildman–Crippen MR) is 110 cm³/mol. The molecular weight excluding hydrogens is 364 g/mol. The minimum absolute atomic E-state index is 0.0844. The van der Waals surface area contributed by atoms with E-state index in [1.807, 2.05) is 31.0 Å². The van der Waals surface area contributed by atoms with E-state index in [-0.39, 0.29) is 17.4 Å². The third kappa shape index (κ3) is 3.28. The maximum absolute atomic E-state index is 12.9. The molecule has 6 nitrogen and oxygen atoms in total. The number of rotatable bonds is 5. The molecule has 3 atom stereocenters. The highest BCUT2D eigenvalue weighted by atomic mass is 16.5. The lowest BCUT2D eigenvalue weighted by atomic mass is 9.80. The van der Waals surface area contributed by atoms with Crippen LogP contribution in [0, 0.1) is 5.92 Å². The maximum atomic E-state index is 12.9. The fourth-order valence-electron chi connectivity index (χ4n) is 5.79. The summed E-state index contributed by atoms with van der Waals surface area (Å²) in [6, 6.07) is 11.6. The number of aromatic nitrogens is 2. The number of fused-ring (bicyclic) bond motifs is 4. The van der Waals surface area contributed by atoms with Crippen molar-refractivity contribution < 1.29 is 9.53 Å². The molecule has 0 saturated carbocycles. The van der Waals surface area contributed by atoms with E-state index in [0.29, 0.717) is 18.6 Å². The Balaban J connectivity index is 1.35. The van der Waals surface area contributed by atoms with Crippen LogP contribution in [-0.4, -0.2) is 58.2 Å². The van der Waals surface area contributed by atoms with Crippen LogP contribution in [0.4, 0.5) is 0 Å². The third-order valence-corrected chi connectivity index (χ3v) is 7.10. The lowest BCUT2D eigenvalue weighted by Crippen LogP contribution is -2.52. The van der Waals surface area contributed by atoms with Crippen molar-refractivity contribution in [3.63, 3.8) is 0 Å². The Morgan fingerprint density at radius 2 is 1.97 bits per heavy atom. The van der Waals surface area contributed by atoms with E-state index in [1.54, 1.807) is 11.1 Å². The highest BCUT2D eigenvalue weighted by Crippen LogP contribution is 2.52. The van der Waals surface area contributed by atoms with E-state index in [9.17, 15) is 4.79 Å². The van der Waals surface area contributed by atoms with Gasteiger partial charge in [0.2, 0.25) is 5.91 Å². The predicted octanol–water partition coefficient (Wildman–Crippen LogP) is 2.64. The summed E-state index contributed by atoms with van der Waals surface area (Å²) in [5.74, 6) is 0.0986. The lowest BCUT2D eigenvalue weighted by molar-refractivity contribution is -0.136. The highest BCUT2D eigenvalue weighted by molar-refractivity contribution is 5.78. The summed E-state index contributed by atoms with van der Waals surface area (Å²) in [4.78, 5) is 17.2. The molecule has 0 N–H and O–H groups in total. The topological polar surface area (TPSA) is 50.6 Å². The molecule has 0 aliphatic carbocycles. The fourth-order valence-corrected chi connectivity index (χ4v) is 5.79. The van der Waals surface area contributed by atoms with Crippen LogP contribution in [0.2, 0.25) is 0 Å². The summed E-state index contributed by atoms with van der Waals surface area (Å²) >= 11 is 0. The monoisotopic (exact) mass is 394 g/mol. The molecule has 1 aromatic carbocycles. The zero-order valence-corrected chi connectivity index (χ0v) is 17.3. The molecule has 29 heavy (non-hydrogen) atoms. The van der Waals surface area contributed by atoms with Crippen molar-refractivity contribution in [2.45, 2.75) is 56.5 Å². The van der Waals surface area contributed by atoms with E-state index in [2.05, 4.69) is 34.3 Å². The highest BCUT2D eigenvalue weighted by Gasteiger charge is 2.52. The fraction of sp³-hybridized carbons (Fsp3) is 0.565. The zero-order valence-electron chi connectivity index (χ0n) is 17.3. The summed E-state index contributed by atoms with van der Waals surface area (Å²) < 4.78 is 8.33. The number of carbonyl (C=O) groups excluding carboxylic acids is 1. The number of nitrogens with zero attached hydrogens (tertiary/aromatic N) is 4. The minimum atomic E-state index is -0.123. The molecule has 2 fully saturated rings. The SMILES string of the molecule is CN(C)C(=O)C(CN1C2CCC1CC1(C2)OCc2ccccc21)Cn1cccn1.